The molecule has 1 aliphatic heterocycles. The molecule has 19 heavy (non-hydrogen) atoms. The first-order chi connectivity index (χ1) is 9.09. The van der Waals surface area contributed by atoms with E-state index in [1.54, 1.807) is 24.4 Å². The summed E-state index contributed by atoms with van der Waals surface area (Å²) < 4.78 is 0. The van der Waals surface area contributed by atoms with Gasteiger partial charge in [-0.3, -0.25) is 15.1 Å². The summed E-state index contributed by atoms with van der Waals surface area (Å²) in [4.78, 5) is 10.6. The van der Waals surface area contributed by atoms with Gasteiger partial charge in [-0.1, -0.05) is 12.1 Å². The number of nitro benzene ring substituents is 1. The van der Waals surface area contributed by atoms with E-state index in [-0.39, 0.29) is 10.6 Å². The molecular formula is C14H19N3O2. The minimum atomic E-state index is -0.371. The summed E-state index contributed by atoms with van der Waals surface area (Å²) in [5.41, 5.74) is 0.654. The molecule has 0 aliphatic carbocycles. The molecule has 0 bridgehead atoms. The molecule has 2 rings (SSSR count). The lowest BCUT2D eigenvalue weighted by Crippen LogP contribution is -2.39. The molecule has 0 unspecified atom stereocenters. The van der Waals surface area contributed by atoms with E-state index in [1.165, 1.54) is 12.5 Å². The van der Waals surface area contributed by atoms with Crippen molar-refractivity contribution in [3.05, 3.63) is 39.9 Å². The fourth-order valence-electron chi connectivity index (χ4n) is 2.53. The normalized spacial score (nSPS) is 23.8. The Morgan fingerprint density at radius 2 is 1.95 bits per heavy atom. The second-order valence-electron chi connectivity index (χ2n) is 5.07. The first-order valence-electron chi connectivity index (χ1n) is 6.65. The summed E-state index contributed by atoms with van der Waals surface area (Å²) >= 11 is 0. The van der Waals surface area contributed by atoms with Gasteiger partial charge < -0.3 is 0 Å². The molecule has 1 aliphatic rings. The fraction of sp³-hybridized carbons (Fsp3) is 0.500. The third-order valence-electron chi connectivity index (χ3n) is 3.61. The van der Waals surface area contributed by atoms with Gasteiger partial charge in [-0.05, 0) is 39.2 Å². The number of nitro groups is 1. The molecule has 0 aromatic heterocycles. The number of rotatable bonds is 3. The summed E-state index contributed by atoms with van der Waals surface area (Å²) in [7, 11) is 0. The molecule has 1 aromatic rings. The predicted molar refractivity (Wildman–Crippen MR) is 75.3 cm³/mol. The lowest BCUT2D eigenvalue weighted by Gasteiger charge is -2.36. The van der Waals surface area contributed by atoms with Crippen molar-refractivity contribution in [2.45, 2.75) is 45.2 Å². The lowest BCUT2D eigenvalue weighted by molar-refractivity contribution is -0.385. The van der Waals surface area contributed by atoms with Crippen LogP contribution in [0, 0.1) is 10.1 Å². The highest BCUT2D eigenvalue weighted by Crippen LogP contribution is 2.23. The fourth-order valence-corrected chi connectivity index (χ4v) is 2.53. The van der Waals surface area contributed by atoms with Crippen LogP contribution < -0.4 is 0 Å². The summed E-state index contributed by atoms with van der Waals surface area (Å²) in [6.45, 7) is 4.29. The standard InChI is InChI=1S/C14H19N3O2/c1-11-6-5-7-12(2)16(11)15-10-13-8-3-4-9-14(13)17(18)19/h3-4,8-12H,5-7H2,1-2H3/b15-10-/t11-,12+. The van der Waals surface area contributed by atoms with Crippen LogP contribution in [0.4, 0.5) is 5.69 Å². The highest BCUT2D eigenvalue weighted by molar-refractivity contribution is 5.85. The highest BCUT2D eigenvalue weighted by atomic mass is 16.6. The first-order valence-corrected chi connectivity index (χ1v) is 6.65. The molecule has 0 N–H and O–H groups in total. The van der Waals surface area contributed by atoms with E-state index in [9.17, 15) is 10.1 Å². The molecule has 0 amide bonds. The maximum absolute atomic E-state index is 10.9. The summed E-state index contributed by atoms with van der Waals surface area (Å²) in [6.07, 6.45) is 5.08. The Bertz CT molecular complexity index is 477. The summed E-state index contributed by atoms with van der Waals surface area (Å²) in [6, 6.07) is 7.47. The third kappa shape index (κ3) is 3.10. The van der Waals surface area contributed by atoms with E-state index in [4.69, 9.17) is 0 Å². The van der Waals surface area contributed by atoms with Crippen LogP contribution in [0.25, 0.3) is 0 Å². The molecule has 1 saturated heterocycles. The number of para-hydroxylation sites is 1. The second kappa shape index (κ2) is 5.82. The average molecular weight is 261 g/mol. The van der Waals surface area contributed by atoms with Crippen molar-refractivity contribution < 1.29 is 4.92 Å². The SMILES string of the molecule is C[C@@H]1CCC[C@H](C)N1/N=C\c1ccccc1[N+](=O)[O-]. The number of nitrogens with zero attached hydrogens (tertiary/aromatic N) is 3. The van der Waals surface area contributed by atoms with E-state index in [2.05, 4.69) is 24.0 Å². The zero-order valence-corrected chi connectivity index (χ0v) is 11.3. The average Bonchev–Trinajstić information content (AvgIpc) is 2.38. The Kier molecular flexibility index (Phi) is 4.14. The van der Waals surface area contributed by atoms with Gasteiger partial charge in [0.05, 0.1) is 16.7 Å². The molecule has 0 radical (unpaired) electrons. The Morgan fingerprint density at radius 3 is 2.58 bits per heavy atom. The molecule has 2 atom stereocenters. The van der Waals surface area contributed by atoms with E-state index < -0.39 is 0 Å². The third-order valence-corrected chi connectivity index (χ3v) is 3.61. The minimum Gasteiger partial charge on any atom is -0.292 e. The van der Waals surface area contributed by atoms with Crippen LogP contribution in [0.2, 0.25) is 0 Å². The molecular weight excluding hydrogens is 242 g/mol. The number of piperidine rings is 1. The maximum atomic E-state index is 10.9. The number of hydrogen-bond donors (Lipinski definition) is 0. The van der Waals surface area contributed by atoms with Crippen LogP contribution in [0.1, 0.15) is 38.7 Å². The van der Waals surface area contributed by atoms with Crippen LogP contribution >= 0.6 is 0 Å². The van der Waals surface area contributed by atoms with Gasteiger partial charge in [-0.2, -0.15) is 5.10 Å². The van der Waals surface area contributed by atoms with E-state index >= 15 is 0 Å². The van der Waals surface area contributed by atoms with Crippen LogP contribution in [-0.2, 0) is 0 Å². The smallest absolute Gasteiger partial charge is 0.278 e. The Labute approximate surface area is 113 Å². The van der Waals surface area contributed by atoms with Gasteiger partial charge in [0.25, 0.3) is 5.69 Å². The van der Waals surface area contributed by atoms with Crippen molar-refractivity contribution in [2.24, 2.45) is 5.10 Å². The molecule has 0 spiro atoms. The maximum Gasteiger partial charge on any atom is 0.278 e. The van der Waals surface area contributed by atoms with Crippen molar-refractivity contribution in [1.82, 2.24) is 5.01 Å². The molecule has 1 aromatic carbocycles. The van der Waals surface area contributed by atoms with Gasteiger partial charge in [-0.15, -0.1) is 0 Å². The van der Waals surface area contributed by atoms with Crippen molar-refractivity contribution in [2.75, 3.05) is 0 Å². The Balaban J connectivity index is 2.20. The number of benzene rings is 1. The zero-order valence-electron chi connectivity index (χ0n) is 11.3. The second-order valence-corrected chi connectivity index (χ2v) is 5.07. The van der Waals surface area contributed by atoms with E-state index in [1.807, 2.05) is 0 Å². The molecule has 1 heterocycles. The van der Waals surface area contributed by atoms with Crippen LogP contribution in [0.5, 0.6) is 0 Å². The van der Waals surface area contributed by atoms with Gasteiger partial charge in [-0.25, -0.2) is 0 Å². The van der Waals surface area contributed by atoms with Crippen molar-refractivity contribution in [1.29, 1.82) is 0 Å². The molecule has 5 heteroatoms. The van der Waals surface area contributed by atoms with Crippen LogP contribution in [0.15, 0.2) is 29.4 Å². The monoisotopic (exact) mass is 261 g/mol. The first kappa shape index (κ1) is 13.5. The molecule has 5 nitrogen and oxygen atoms in total. The van der Waals surface area contributed by atoms with Gasteiger partial charge in [0.2, 0.25) is 0 Å². The topological polar surface area (TPSA) is 58.7 Å². The number of hydrazone groups is 1. The van der Waals surface area contributed by atoms with Crippen molar-refractivity contribution in [3.63, 3.8) is 0 Å². The zero-order chi connectivity index (χ0) is 13.8. The van der Waals surface area contributed by atoms with Gasteiger partial charge >= 0.3 is 0 Å². The summed E-state index contributed by atoms with van der Waals surface area (Å²) in [5.74, 6) is 0. The molecule has 102 valence electrons. The Hall–Kier alpha value is -1.91. The Morgan fingerprint density at radius 1 is 1.32 bits per heavy atom. The van der Waals surface area contributed by atoms with Gasteiger partial charge in [0, 0.05) is 18.2 Å². The van der Waals surface area contributed by atoms with Crippen molar-refractivity contribution in [3.8, 4) is 0 Å². The number of hydrogen-bond acceptors (Lipinski definition) is 4. The minimum absolute atomic E-state index is 0.101. The van der Waals surface area contributed by atoms with Crippen LogP contribution in [-0.4, -0.2) is 28.2 Å². The largest absolute Gasteiger partial charge is 0.292 e. The summed E-state index contributed by atoms with van der Waals surface area (Å²) in [5, 5.41) is 17.4. The van der Waals surface area contributed by atoms with Crippen LogP contribution in [0.3, 0.4) is 0 Å². The molecule has 1 fully saturated rings. The molecule has 0 saturated carbocycles. The van der Waals surface area contributed by atoms with Gasteiger partial charge in [0.15, 0.2) is 0 Å². The van der Waals surface area contributed by atoms with Gasteiger partial charge in [0.1, 0.15) is 0 Å². The predicted octanol–water partition coefficient (Wildman–Crippen LogP) is 3.19. The quantitative estimate of drug-likeness (QED) is 0.477. The van der Waals surface area contributed by atoms with E-state index in [0.717, 1.165) is 12.8 Å². The van der Waals surface area contributed by atoms with E-state index in [0.29, 0.717) is 17.6 Å². The highest BCUT2D eigenvalue weighted by Gasteiger charge is 2.23. The van der Waals surface area contributed by atoms with Crippen molar-refractivity contribution >= 4 is 11.9 Å². The lowest BCUT2D eigenvalue weighted by atomic mass is 10.00.